The molecule has 0 radical (unpaired) electrons. The van der Waals surface area contributed by atoms with Gasteiger partial charge in [-0.2, -0.15) is 0 Å². The van der Waals surface area contributed by atoms with E-state index in [4.69, 9.17) is 5.73 Å². The van der Waals surface area contributed by atoms with Crippen LogP contribution in [0.25, 0.3) is 0 Å². The number of nitrogen functional groups attached to an aromatic ring is 1. The van der Waals surface area contributed by atoms with Gasteiger partial charge in [-0.3, -0.25) is 4.79 Å². The maximum absolute atomic E-state index is 11.9. The predicted octanol–water partition coefficient (Wildman–Crippen LogP) is 2.01. The van der Waals surface area contributed by atoms with E-state index in [0.717, 1.165) is 17.8 Å². The summed E-state index contributed by atoms with van der Waals surface area (Å²) in [6.07, 6.45) is 0.907. The van der Waals surface area contributed by atoms with Crippen molar-refractivity contribution in [3.63, 3.8) is 0 Å². The van der Waals surface area contributed by atoms with Crippen LogP contribution in [-0.4, -0.2) is 25.0 Å². The van der Waals surface area contributed by atoms with Crippen molar-refractivity contribution in [2.75, 3.05) is 24.2 Å². The second-order valence-corrected chi connectivity index (χ2v) is 5.23. The van der Waals surface area contributed by atoms with Crippen LogP contribution in [0.15, 0.2) is 24.3 Å². The summed E-state index contributed by atoms with van der Waals surface area (Å²) in [4.78, 5) is 13.8. The molecular formula is C14H23N3O. The van der Waals surface area contributed by atoms with Gasteiger partial charge in [-0.25, -0.2) is 0 Å². The van der Waals surface area contributed by atoms with Crippen molar-refractivity contribution in [3.05, 3.63) is 24.3 Å². The van der Waals surface area contributed by atoms with Crippen LogP contribution in [0.2, 0.25) is 0 Å². The van der Waals surface area contributed by atoms with Gasteiger partial charge in [-0.15, -0.1) is 0 Å². The number of benzene rings is 1. The van der Waals surface area contributed by atoms with E-state index < -0.39 is 0 Å². The predicted molar refractivity (Wildman–Crippen MR) is 76.6 cm³/mol. The van der Waals surface area contributed by atoms with Crippen molar-refractivity contribution in [1.82, 2.24) is 5.32 Å². The Morgan fingerprint density at radius 2 is 1.89 bits per heavy atom. The van der Waals surface area contributed by atoms with Crippen LogP contribution in [-0.2, 0) is 4.79 Å². The number of nitrogens with one attached hydrogen (secondary N) is 1. The molecule has 0 aliphatic rings. The quantitative estimate of drug-likeness (QED) is 0.785. The largest absolute Gasteiger partial charge is 0.399 e. The lowest BCUT2D eigenvalue weighted by Crippen LogP contribution is -2.46. The minimum atomic E-state index is -0.154. The van der Waals surface area contributed by atoms with Gasteiger partial charge in [0.05, 0.1) is 6.54 Å². The summed E-state index contributed by atoms with van der Waals surface area (Å²) in [6, 6.07) is 7.49. The Labute approximate surface area is 109 Å². The van der Waals surface area contributed by atoms with E-state index >= 15 is 0 Å². The first-order valence-electron chi connectivity index (χ1n) is 6.22. The zero-order valence-corrected chi connectivity index (χ0v) is 11.7. The molecule has 1 aromatic carbocycles. The van der Waals surface area contributed by atoms with E-state index in [1.54, 1.807) is 0 Å². The Hall–Kier alpha value is -1.71. The minimum absolute atomic E-state index is 0.0289. The monoisotopic (exact) mass is 249 g/mol. The molecule has 0 saturated heterocycles. The normalized spacial score (nSPS) is 11.1. The molecule has 1 aromatic rings. The van der Waals surface area contributed by atoms with Crippen LogP contribution in [0.5, 0.6) is 0 Å². The second kappa shape index (κ2) is 5.76. The van der Waals surface area contributed by atoms with E-state index in [2.05, 4.69) is 12.2 Å². The van der Waals surface area contributed by atoms with Crippen LogP contribution < -0.4 is 16.0 Å². The summed E-state index contributed by atoms with van der Waals surface area (Å²) in [5, 5.41) is 3.01. The zero-order chi connectivity index (χ0) is 13.8. The fourth-order valence-electron chi connectivity index (χ4n) is 1.54. The van der Waals surface area contributed by atoms with Crippen LogP contribution in [0.4, 0.5) is 11.4 Å². The molecule has 18 heavy (non-hydrogen) atoms. The third kappa shape index (κ3) is 4.28. The molecule has 4 nitrogen and oxygen atoms in total. The number of nitrogens with zero attached hydrogens (tertiary/aromatic N) is 1. The summed E-state index contributed by atoms with van der Waals surface area (Å²) in [6.45, 7) is 6.44. The van der Waals surface area contributed by atoms with Gasteiger partial charge in [0.2, 0.25) is 5.91 Å². The average Bonchev–Trinajstić information content (AvgIpc) is 2.29. The fourth-order valence-corrected chi connectivity index (χ4v) is 1.54. The first kappa shape index (κ1) is 14.4. The highest BCUT2D eigenvalue weighted by molar-refractivity contribution is 5.81. The molecule has 0 spiro atoms. The highest BCUT2D eigenvalue weighted by atomic mass is 16.2. The summed E-state index contributed by atoms with van der Waals surface area (Å²) in [5.74, 6) is 0.0289. The van der Waals surface area contributed by atoms with Crippen molar-refractivity contribution >= 4 is 17.3 Å². The van der Waals surface area contributed by atoms with Crippen molar-refractivity contribution in [1.29, 1.82) is 0 Å². The van der Waals surface area contributed by atoms with Crippen molar-refractivity contribution in [2.24, 2.45) is 0 Å². The Balaban J connectivity index is 2.57. The van der Waals surface area contributed by atoms with E-state index in [9.17, 15) is 4.79 Å². The molecule has 0 fully saturated rings. The van der Waals surface area contributed by atoms with Gasteiger partial charge in [0.15, 0.2) is 0 Å². The molecule has 0 bridgehead atoms. The summed E-state index contributed by atoms with van der Waals surface area (Å²) in [7, 11) is 1.89. The van der Waals surface area contributed by atoms with Gasteiger partial charge in [-0.05, 0) is 44.5 Å². The molecule has 0 aliphatic carbocycles. The van der Waals surface area contributed by atoms with Crippen LogP contribution in [0.3, 0.4) is 0 Å². The number of rotatable bonds is 5. The SMILES string of the molecule is CCC(C)(C)NC(=O)CN(C)c1ccc(N)cc1. The number of carbonyl (C=O) groups is 1. The summed E-state index contributed by atoms with van der Waals surface area (Å²) >= 11 is 0. The van der Waals surface area contributed by atoms with Gasteiger partial charge in [0, 0.05) is 24.0 Å². The third-order valence-corrected chi connectivity index (χ3v) is 3.08. The number of hydrogen-bond acceptors (Lipinski definition) is 3. The highest BCUT2D eigenvalue weighted by Crippen LogP contribution is 2.14. The number of hydrogen-bond donors (Lipinski definition) is 2. The molecule has 3 N–H and O–H groups in total. The molecule has 0 aliphatic heterocycles. The number of likely N-dealkylation sites (N-methyl/N-ethyl adjacent to an activating group) is 1. The Morgan fingerprint density at radius 3 is 2.39 bits per heavy atom. The molecule has 4 heteroatoms. The first-order valence-corrected chi connectivity index (χ1v) is 6.22. The van der Waals surface area contributed by atoms with Crippen molar-refractivity contribution < 1.29 is 4.79 Å². The lowest BCUT2D eigenvalue weighted by atomic mass is 10.0. The number of nitrogens with two attached hydrogens (primary N) is 1. The highest BCUT2D eigenvalue weighted by Gasteiger charge is 2.18. The average molecular weight is 249 g/mol. The molecule has 100 valence electrons. The topological polar surface area (TPSA) is 58.4 Å². The van der Waals surface area contributed by atoms with Gasteiger partial charge >= 0.3 is 0 Å². The van der Waals surface area contributed by atoms with E-state index in [1.807, 2.05) is 50.1 Å². The maximum Gasteiger partial charge on any atom is 0.239 e. The summed E-state index contributed by atoms with van der Waals surface area (Å²) in [5.41, 5.74) is 7.18. The molecular weight excluding hydrogens is 226 g/mol. The maximum atomic E-state index is 11.9. The van der Waals surface area contributed by atoms with Crippen LogP contribution in [0, 0.1) is 0 Å². The van der Waals surface area contributed by atoms with Crippen molar-refractivity contribution in [2.45, 2.75) is 32.7 Å². The molecule has 1 rings (SSSR count). The summed E-state index contributed by atoms with van der Waals surface area (Å²) < 4.78 is 0. The number of anilines is 2. The minimum Gasteiger partial charge on any atom is -0.399 e. The molecule has 0 unspecified atom stereocenters. The lowest BCUT2D eigenvalue weighted by Gasteiger charge is -2.27. The molecule has 1 amide bonds. The lowest BCUT2D eigenvalue weighted by molar-refractivity contribution is -0.121. The third-order valence-electron chi connectivity index (χ3n) is 3.08. The first-order chi connectivity index (χ1) is 8.34. The zero-order valence-electron chi connectivity index (χ0n) is 11.7. The fraction of sp³-hybridized carbons (Fsp3) is 0.500. The molecule has 0 aromatic heterocycles. The second-order valence-electron chi connectivity index (χ2n) is 5.23. The number of amides is 1. The number of carbonyl (C=O) groups excluding carboxylic acids is 1. The smallest absolute Gasteiger partial charge is 0.239 e. The Bertz CT molecular complexity index is 398. The van der Waals surface area contributed by atoms with Gasteiger partial charge in [-0.1, -0.05) is 6.92 Å². The standard InChI is InChI=1S/C14H23N3O/c1-5-14(2,3)16-13(18)10-17(4)12-8-6-11(15)7-9-12/h6-9H,5,10,15H2,1-4H3,(H,16,18). The van der Waals surface area contributed by atoms with Crippen molar-refractivity contribution in [3.8, 4) is 0 Å². The van der Waals surface area contributed by atoms with Gasteiger partial charge in [0.1, 0.15) is 0 Å². The van der Waals surface area contributed by atoms with Gasteiger partial charge in [0.25, 0.3) is 0 Å². The van der Waals surface area contributed by atoms with Gasteiger partial charge < -0.3 is 16.0 Å². The van der Waals surface area contributed by atoms with Crippen LogP contribution in [0.1, 0.15) is 27.2 Å². The van der Waals surface area contributed by atoms with E-state index in [0.29, 0.717) is 6.54 Å². The molecule has 0 atom stereocenters. The van der Waals surface area contributed by atoms with Crippen LogP contribution >= 0.6 is 0 Å². The Morgan fingerprint density at radius 1 is 1.33 bits per heavy atom. The van der Waals surface area contributed by atoms with E-state index in [-0.39, 0.29) is 11.4 Å². The molecule has 0 saturated carbocycles. The molecule has 0 heterocycles. The Kier molecular flexibility index (Phi) is 4.59. The van der Waals surface area contributed by atoms with E-state index in [1.165, 1.54) is 0 Å².